The molecule has 6 nitrogen and oxygen atoms in total. The van der Waals surface area contributed by atoms with Crippen molar-refractivity contribution in [3.05, 3.63) is 25.7 Å². The summed E-state index contributed by atoms with van der Waals surface area (Å²) in [7, 11) is 0. The van der Waals surface area contributed by atoms with E-state index < -0.39 is 5.03 Å². The molecule has 1 aromatic rings. The lowest BCUT2D eigenvalue weighted by Gasteiger charge is -2.00. The first kappa shape index (κ1) is 12.2. The van der Waals surface area contributed by atoms with E-state index in [4.69, 9.17) is 11.6 Å². The second-order valence-corrected chi connectivity index (χ2v) is 4.53. The first-order valence-corrected chi connectivity index (χ1v) is 6.21. The minimum atomic E-state index is -0.743. The van der Waals surface area contributed by atoms with Gasteiger partial charge in [-0.15, -0.1) is 11.3 Å². The van der Waals surface area contributed by atoms with Crippen molar-refractivity contribution >= 4 is 39.9 Å². The molecule has 0 atom stereocenters. The quantitative estimate of drug-likeness (QED) is 0.390. The topological polar surface area (TPSA) is 80.4 Å². The van der Waals surface area contributed by atoms with E-state index in [0.717, 1.165) is 17.5 Å². The van der Waals surface area contributed by atoms with E-state index in [2.05, 4.69) is 15.4 Å². The van der Waals surface area contributed by atoms with Crippen LogP contribution in [0.25, 0.3) is 0 Å². The number of amidine groups is 1. The molecule has 0 amide bonds. The summed E-state index contributed by atoms with van der Waals surface area (Å²) in [5.41, 5.74) is 0.732. The fourth-order valence-electron chi connectivity index (χ4n) is 0.752. The molecule has 15 heavy (non-hydrogen) atoms. The van der Waals surface area contributed by atoms with Gasteiger partial charge in [0.15, 0.2) is 9.50 Å². The van der Waals surface area contributed by atoms with Crippen LogP contribution in [0.1, 0.15) is 5.69 Å². The molecule has 9 heteroatoms. The van der Waals surface area contributed by atoms with Crippen LogP contribution in [0.15, 0.2) is 10.5 Å². The molecule has 1 rings (SSSR count). The zero-order valence-corrected chi connectivity index (χ0v) is 10.0. The average Bonchev–Trinajstić information content (AvgIpc) is 2.58. The Labute approximate surface area is 98.9 Å². The Bertz CT molecular complexity index is 381. The standard InChI is InChI=1S/C6H7ClN4O2S2/c1-14-6(10-11(12)13)8-2-4-3-15-5(7)9-4/h3H,2H2,1H3,(H,8,10). The number of hydrazone groups is 1. The molecule has 0 radical (unpaired) electrons. The summed E-state index contributed by atoms with van der Waals surface area (Å²) in [5.74, 6) is 0. The molecule has 0 aliphatic carbocycles. The van der Waals surface area contributed by atoms with E-state index in [1.54, 1.807) is 11.6 Å². The van der Waals surface area contributed by atoms with E-state index in [1.807, 2.05) is 0 Å². The molecular formula is C6H7ClN4O2S2. The summed E-state index contributed by atoms with van der Waals surface area (Å²) >= 11 is 8.11. The number of nitro groups is 1. The molecule has 0 bridgehead atoms. The monoisotopic (exact) mass is 266 g/mol. The molecule has 0 aliphatic heterocycles. The maximum Gasteiger partial charge on any atom is 0.235 e. The first-order valence-electron chi connectivity index (χ1n) is 3.72. The van der Waals surface area contributed by atoms with Crippen molar-refractivity contribution < 1.29 is 5.03 Å². The molecule has 0 saturated carbocycles. The van der Waals surface area contributed by atoms with E-state index in [1.165, 1.54) is 11.3 Å². The van der Waals surface area contributed by atoms with Gasteiger partial charge in [0.05, 0.1) is 17.3 Å². The lowest BCUT2D eigenvalue weighted by Crippen LogP contribution is -2.20. The van der Waals surface area contributed by atoms with E-state index in [0.29, 0.717) is 11.0 Å². The van der Waals surface area contributed by atoms with Crippen LogP contribution in [-0.2, 0) is 6.54 Å². The van der Waals surface area contributed by atoms with Crippen LogP contribution in [0.5, 0.6) is 0 Å². The summed E-state index contributed by atoms with van der Waals surface area (Å²) in [5, 5.41) is 17.3. The molecule has 0 saturated heterocycles. The highest BCUT2D eigenvalue weighted by Crippen LogP contribution is 2.14. The normalized spacial score (nSPS) is 11.5. The highest BCUT2D eigenvalue weighted by Gasteiger charge is 2.04. The fourth-order valence-corrected chi connectivity index (χ4v) is 1.90. The van der Waals surface area contributed by atoms with Crippen LogP contribution in [0, 0.1) is 10.1 Å². The van der Waals surface area contributed by atoms with E-state index in [-0.39, 0.29) is 5.17 Å². The molecule has 0 aromatic carbocycles. The second-order valence-electron chi connectivity index (χ2n) is 2.29. The summed E-state index contributed by atoms with van der Waals surface area (Å²) < 4.78 is 0.448. The lowest BCUT2D eigenvalue weighted by atomic mass is 10.5. The van der Waals surface area contributed by atoms with Crippen molar-refractivity contribution in [2.75, 3.05) is 6.26 Å². The Morgan fingerprint density at radius 1 is 1.93 bits per heavy atom. The number of halogens is 1. The van der Waals surface area contributed by atoms with Gasteiger partial charge in [0.1, 0.15) is 0 Å². The third-order valence-electron chi connectivity index (χ3n) is 1.31. The highest BCUT2D eigenvalue weighted by molar-refractivity contribution is 8.13. The molecule has 0 spiro atoms. The number of rotatable bonds is 3. The van der Waals surface area contributed by atoms with Crippen LogP contribution in [0.4, 0.5) is 0 Å². The number of hydrogen-bond acceptors (Lipinski definition) is 5. The van der Waals surface area contributed by atoms with Crippen molar-refractivity contribution in [2.24, 2.45) is 5.10 Å². The number of aromatic nitrogens is 1. The number of nitrogens with zero attached hydrogens (tertiary/aromatic N) is 3. The van der Waals surface area contributed by atoms with Gasteiger partial charge in [-0.1, -0.05) is 23.4 Å². The zero-order valence-electron chi connectivity index (χ0n) is 7.64. The van der Waals surface area contributed by atoms with Gasteiger partial charge in [-0.25, -0.2) is 15.1 Å². The molecular weight excluding hydrogens is 260 g/mol. The minimum Gasteiger partial charge on any atom is -0.354 e. The largest absolute Gasteiger partial charge is 0.354 e. The third kappa shape index (κ3) is 4.45. The maximum atomic E-state index is 10.1. The van der Waals surface area contributed by atoms with Gasteiger partial charge in [0.25, 0.3) is 0 Å². The highest BCUT2D eigenvalue weighted by atomic mass is 35.5. The first-order chi connectivity index (χ1) is 7.11. The van der Waals surface area contributed by atoms with Crippen molar-refractivity contribution in [2.45, 2.75) is 6.54 Å². The van der Waals surface area contributed by atoms with Gasteiger partial charge >= 0.3 is 0 Å². The van der Waals surface area contributed by atoms with Crippen LogP contribution in [0.3, 0.4) is 0 Å². The summed E-state index contributed by atoms with van der Waals surface area (Å²) in [4.78, 5) is 14.1. The van der Waals surface area contributed by atoms with Gasteiger partial charge in [-0.2, -0.15) is 0 Å². The van der Waals surface area contributed by atoms with Crippen molar-refractivity contribution in [1.82, 2.24) is 10.3 Å². The Morgan fingerprint density at radius 3 is 3.13 bits per heavy atom. The Hall–Kier alpha value is -0.860. The third-order valence-corrected chi connectivity index (χ3v) is 2.95. The van der Waals surface area contributed by atoms with Crippen molar-refractivity contribution in [1.29, 1.82) is 0 Å². The van der Waals surface area contributed by atoms with Crippen LogP contribution in [-0.4, -0.2) is 21.4 Å². The Balaban J connectivity index is 2.51. The van der Waals surface area contributed by atoms with Crippen LogP contribution in [0.2, 0.25) is 4.47 Å². The summed E-state index contributed by atoms with van der Waals surface area (Å²) in [6.07, 6.45) is 1.70. The molecule has 0 fully saturated rings. The van der Waals surface area contributed by atoms with Crippen molar-refractivity contribution in [3.8, 4) is 0 Å². The minimum absolute atomic E-state index is 0.240. The van der Waals surface area contributed by atoms with Gasteiger partial charge in [0, 0.05) is 5.38 Å². The van der Waals surface area contributed by atoms with E-state index >= 15 is 0 Å². The molecule has 0 unspecified atom stereocenters. The van der Waals surface area contributed by atoms with Crippen LogP contribution >= 0.6 is 34.7 Å². The molecule has 1 aromatic heterocycles. The number of nitrogens with one attached hydrogen (secondary N) is 1. The fraction of sp³-hybridized carbons (Fsp3) is 0.333. The number of thioether (sulfide) groups is 1. The predicted octanol–water partition coefficient (Wildman–Crippen LogP) is 1.80. The molecule has 0 aliphatic rings. The van der Waals surface area contributed by atoms with E-state index in [9.17, 15) is 10.1 Å². The number of thiazole rings is 1. The van der Waals surface area contributed by atoms with Gasteiger partial charge in [-0.3, -0.25) is 0 Å². The van der Waals surface area contributed by atoms with Crippen molar-refractivity contribution in [3.63, 3.8) is 0 Å². The second kappa shape index (κ2) is 5.89. The van der Waals surface area contributed by atoms with Gasteiger partial charge < -0.3 is 5.32 Å². The summed E-state index contributed by atoms with van der Waals surface area (Å²) in [6.45, 7) is 0.372. The molecule has 82 valence electrons. The smallest absolute Gasteiger partial charge is 0.235 e. The average molecular weight is 267 g/mol. The van der Waals surface area contributed by atoms with Gasteiger partial charge in [-0.05, 0) is 6.26 Å². The maximum absolute atomic E-state index is 10.1. The van der Waals surface area contributed by atoms with Gasteiger partial charge in [0.2, 0.25) is 5.17 Å². The molecule has 1 heterocycles. The Morgan fingerprint density at radius 2 is 2.67 bits per heavy atom. The Kier molecular flexibility index (Phi) is 4.79. The summed E-state index contributed by atoms with van der Waals surface area (Å²) in [6, 6.07) is 0. The zero-order chi connectivity index (χ0) is 11.3. The van der Waals surface area contributed by atoms with Crippen LogP contribution < -0.4 is 5.32 Å². The SMILES string of the molecule is CSC(=N[N+](=O)[O-])NCc1csc(Cl)n1. The number of hydrogen-bond donors (Lipinski definition) is 1. The lowest BCUT2D eigenvalue weighted by molar-refractivity contribution is -0.484. The molecule has 1 N–H and O–H groups in total. The predicted molar refractivity (Wildman–Crippen MR) is 61.9 cm³/mol.